The number of para-hydroxylation sites is 2. The highest BCUT2D eigenvalue weighted by molar-refractivity contribution is 5.78. The lowest BCUT2D eigenvalue weighted by Crippen LogP contribution is -2.61. The monoisotopic (exact) mass is 378 g/mol. The third-order valence-corrected chi connectivity index (χ3v) is 5.31. The number of rotatable bonds is 5. The molecule has 0 spiro atoms. The normalized spacial score (nSPS) is 29.1. The first-order chi connectivity index (χ1) is 13.8. The molecule has 28 heavy (non-hydrogen) atoms. The number of benzene rings is 2. The molecule has 6 heteroatoms. The molecule has 5 rings (SSSR count). The van der Waals surface area contributed by atoms with Gasteiger partial charge in [-0.15, -0.1) is 0 Å². The van der Waals surface area contributed by atoms with Crippen molar-refractivity contribution in [3.63, 3.8) is 0 Å². The van der Waals surface area contributed by atoms with Crippen molar-refractivity contribution in [2.24, 2.45) is 0 Å². The molecular formula is C22H22N2O4. The molecule has 0 saturated carbocycles. The lowest BCUT2D eigenvalue weighted by molar-refractivity contribution is -0.193. The number of aliphatic hydroxyl groups is 1. The molecule has 2 bridgehead atoms. The predicted octanol–water partition coefficient (Wildman–Crippen LogP) is 2.26. The van der Waals surface area contributed by atoms with Crippen LogP contribution in [0.3, 0.4) is 0 Å². The number of ether oxygens (including phenoxy) is 3. The largest absolute Gasteiger partial charge is 0.482 e. The van der Waals surface area contributed by atoms with Gasteiger partial charge in [-0.2, -0.15) is 0 Å². The summed E-state index contributed by atoms with van der Waals surface area (Å²) in [6.45, 7) is 1.01. The first kappa shape index (κ1) is 17.6. The van der Waals surface area contributed by atoms with E-state index in [4.69, 9.17) is 14.2 Å². The fourth-order valence-corrected chi connectivity index (χ4v) is 3.87. The second kappa shape index (κ2) is 7.48. The van der Waals surface area contributed by atoms with Crippen LogP contribution in [-0.2, 0) is 16.0 Å². The summed E-state index contributed by atoms with van der Waals surface area (Å²) in [7, 11) is 0. The number of pyridine rings is 1. The van der Waals surface area contributed by atoms with Gasteiger partial charge in [0.1, 0.15) is 18.0 Å². The number of aromatic nitrogens is 1. The van der Waals surface area contributed by atoms with E-state index in [0.717, 1.165) is 16.5 Å². The van der Waals surface area contributed by atoms with E-state index in [-0.39, 0.29) is 12.1 Å². The van der Waals surface area contributed by atoms with Gasteiger partial charge in [-0.3, -0.25) is 4.98 Å². The zero-order valence-corrected chi connectivity index (χ0v) is 15.3. The topological polar surface area (TPSA) is 72.8 Å². The van der Waals surface area contributed by atoms with E-state index in [1.165, 1.54) is 0 Å². The van der Waals surface area contributed by atoms with Crippen LogP contribution >= 0.6 is 0 Å². The summed E-state index contributed by atoms with van der Waals surface area (Å²) in [5.74, 6) is 0.682. The standard InChI is InChI=1S/C22H22N2O4/c25-20-19(24-12-14-10-15-6-4-5-9-17(15)23-11-14)18-13-26-22(28-18)21(20)27-16-7-2-1-3-8-16/h1-11,18-22,24-25H,12-13H2. The molecule has 0 aliphatic carbocycles. The molecule has 6 nitrogen and oxygen atoms in total. The smallest absolute Gasteiger partial charge is 0.197 e. The number of nitrogens with one attached hydrogen (secondary N) is 1. The Hall–Kier alpha value is -2.51. The van der Waals surface area contributed by atoms with Gasteiger partial charge < -0.3 is 24.6 Å². The highest BCUT2D eigenvalue weighted by Gasteiger charge is 2.51. The molecule has 144 valence electrons. The van der Waals surface area contributed by atoms with Gasteiger partial charge in [0.15, 0.2) is 12.4 Å². The average Bonchev–Trinajstić information content (AvgIpc) is 3.17. The Morgan fingerprint density at radius 2 is 1.93 bits per heavy atom. The number of hydrogen-bond donors (Lipinski definition) is 2. The number of nitrogens with zero attached hydrogens (tertiary/aromatic N) is 1. The van der Waals surface area contributed by atoms with E-state index in [1.54, 1.807) is 0 Å². The Kier molecular flexibility index (Phi) is 4.70. The molecule has 5 unspecified atom stereocenters. The van der Waals surface area contributed by atoms with Gasteiger partial charge in [0, 0.05) is 18.1 Å². The third kappa shape index (κ3) is 3.36. The van der Waals surface area contributed by atoms with Gasteiger partial charge in [-0.05, 0) is 29.8 Å². The SMILES string of the molecule is OC1C(NCc2cnc3ccccc3c2)C2COC(O2)C1Oc1ccccc1. The van der Waals surface area contributed by atoms with Gasteiger partial charge in [-0.25, -0.2) is 0 Å². The zero-order chi connectivity index (χ0) is 18.9. The van der Waals surface area contributed by atoms with E-state index >= 15 is 0 Å². The molecule has 2 N–H and O–H groups in total. The summed E-state index contributed by atoms with van der Waals surface area (Å²) in [5.41, 5.74) is 2.02. The summed E-state index contributed by atoms with van der Waals surface area (Å²) in [6.07, 6.45) is -0.241. The van der Waals surface area contributed by atoms with Crippen molar-refractivity contribution in [2.75, 3.05) is 6.61 Å². The quantitative estimate of drug-likeness (QED) is 0.710. The summed E-state index contributed by atoms with van der Waals surface area (Å²) in [5, 5.41) is 15.5. The molecule has 3 aromatic rings. The minimum absolute atomic E-state index is 0.205. The van der Waals surface area contributed by atoms with Crippen molar-refractivity contribution in [2.45, 2.75) is 37.2 Å². The van der Waals surface area contributed by atoms with E-state index in [2.05, 4.69) is 16.4 Å². The Labute approximate surface area is 163 Å². The maximum Gasteiger partial charge on any atom is 0.197 e. The van der Waals surface area contributed by atoms with Gasteiger partial charge in [0.2, 0.25) is 0 Å². The van der Waals surface area contributed by atoms with E-state index in [1.807, 2.05) is 60.8 Å². The second-order valence-electron chi connectivity index (χ2n) is 7.21. The van der Waals surface area contributed by atoms with Crippen molar-refractivity contribution in [3.05, 3.63) is 72.4 Å². The molecule has 5 atom stereocenters. The van der Waals surface area contributed by atoms with Crippen LogP contribution in [0.4, 0.5) is 0 Å². The highest BCUT2D eigenvalue weighted by atomic mass is 16.7. The number of hydrogen-bond acceptors (Lipinski definition) is 6. The van der Waals surface area contributed by atoms with Crippen molar-refractivity contribution in [3.8, 4) is 5.75 Å². The minimum atomic E-state index is -0.750. The zero-order valence-electron chi connectivity index (χ0n) is 15.3. The Balaban J connectivity index is 1.31. The third-order valence-electron chi connectivity index (χ3n) is 5.31. The first-order valence-corrected chi connectivity index (χ1v) is 9.52. The summed E-state index contributed by atoms with van der Waals surface area (Å²) < 4.78 is 17.6. The van der Waals surface area contributed by atoms with Crippen molar-refractivity contribution in [1.82, 2.24) is 10.3 Å². The summed E-state index contributed by atoms with van der Waals surface area (Å²) >= 11 is 0. The van der Waals surface area contributed by atoms with Gasteiger partial charge in [-0.1, -0.05) is 36.4 Å². The summed E-state index contributed by atoms with van der Waals surface area (Å²) in [6, 6.07) is 19.3. The molecule has 1 aromatic heterocycles. The van der Waals surface area contributed by atoms with Crippen LogP contribution in [0.5, 0.6) is 5.75 Å². The summed E-state index contributed by atoms with van der Waals surface area (Å²) in [4.78, 5) is 4.50. The number of fused-ring (bicyclic) bond motifs is 3. The maximum atomic E-state index is 11.0. The van der Waals surface area contributed by atoms with Gasteiger partial charge in [0.05, 0.1) is 18.2 Å². The Morgan fingerprint density at radius 1 is 1.11 bits per heavy atom. The van der Waals surface area contributed by atoms with Gasteiger partial charge in [0.25, 0.3) is 0 Å². The van der Waals surface area contributed by atoms with Gasteiger partial charge >= 0.3 is 0 Å². The molecule has 2 aromatic carbocycles. The molecule has 2 aliphatic heterocycles. The Morgan fingerprint density at radius 3 is 2.82 bits per heavy atom. The van der Waals surface area contributed by atoms with E-state index in [9.17, 15) is 5.11 Å². The number of aliphatic hydroxyl groups excluding tert-OH is 1. The molecule has 3 heterocycles. The molecule has 2 fully saturated rings. The lowest BCUT2D eigenvalue weighted by Gasteiger charge is -2.38. The van der Waals surface area contributed by atoms with Crippen LogP contribution in [-0.4, -0.2) is 47.3 Å². The fraction of sp³-hybridized carbons (Fsp3) is 0.318. The lowest BCUT2D eigenvalue weighted by atomic mass is 9.97. The van der Waals surface area contributed by atoms with Crippen LogP contribution < -0.4 is 10.1 Å². The Bertz CT molecular complexity index is 951. The van der Waals surface area contributed by atoms with Crippen molar-refractivity contribution >= 4 is 10.9 Å². The average molecular weight is 378 g/mol. The van der Waals surface area contributed by atoms with E-state index in [0.29, 0.717) is 18.9 Å². The second-order valence-corrected chi connectivity index (χ2v) is 7.21. The molecular weight excluding hydrogens is 356 g/mol. The molecule has 2 aliphatic rings. The van der Waals surface area contributed by atoms with Crippen molar-refractivity contribution in [1.29, 1.82) is 0 Å². The van der Waals surface area contributed by atoms with Crippen LogP contribution in [0.1, 0.15) is 5.56 Å². The predicted molar refractivity (Wildman–Crippen MR) is 104 cm³/mol. The molecule has 2 saturated heterocycles. The van der Waals surface area contributed by atoms with Crippen LogP contribution in [0, 0.1) is 0 Å². The highest BCUT2D eigenvalue weighted by Crippen LogP contribution is 2.31. The van der Waals surface area contributed by atoms with Crippen LogP contribution in [0.25, 0.3) is 10.9 Å². The fourth-order valence-electron chi connectivity index (χ4n) is 3.87. The maximum absolute atomic E-state index is 11.0. The minimum Gasteiger partial charge on any atom is -0.482 e. The van der Waals surface area contributed by atoms with Crippen LogP contribution in [0.2, 0.25) is 0 Å². The van der Waals surface area contributed by atoms with Crippen molar-refractivity contribution < 1.29 is 19.3 Å². The van der Waals surface area contributed by atoms with E-state index < -0.39 is 18.5 Å². The molecule has 0 radical (unpaired) electrons. The molecule has 0 amide bonds. The first-order valence-electron chi connectivity index (χ1n) is 9.52. The van der Waals surface area contributed by atoms with Crippen LogP contribution in [0.15, 0.2) is 66.9 Å².